The fourth-order valence-corrected chi connectivity index (χ4v) is 1.17. The first-order chi connectivity index (χ1) is 8.67. The van der Waals surface area contributed by atoms with E-state index in [1.165, 1.54) is 18.3 Å². The normalized spacial score (nSPS) is 9.67. The van der Waals surface area contributed by atoms with Crippen molar-refractivity contribution < 1.29 is 23.8 Å². The molecule has 0 fully saturated rings. The van der Waals surface area contributed by atoms with Crippen LogP contribution in [0.25, 0.3) is 0 Å². The van der Waals surface area contributed by atoms with Crippen LogP contribution in [-0.4, -0.2) is 36.7 Å². The summed E-state index contributed by atoms with van der Waals surface area (Å²) in [4.78, 5) is 26.4. The lowest BCUT2D eigenvalue weighted by Gasteiger charge is -2.06. The standard InChI is InChI=1S/C12H15NO5/c1-3-16-11(14)8-18-10-7-9(5-6-13-10)12(15)17-4-2/h5-7H,3-4,8H2,1-2H3. The van der Waals surface area contributed by atoms with Gasteiger partial charge in [-0.25, -0.2) is 14.6 Å². The lowest BCUT2D eigenvalue weighted by molar-refractivity contribution is -0.145. The number of carbonyl (C=O) groups is 2. The number of hydrogen-bond acceptors (Lipinski definition) is 6. The number of nitrogens with zero attached hydrogens (tertiary/aromatic N) is 1. The molecule has 0 saturated carbocycles. The van der Waals surface area contributed by atoms with Crippen molar-refractivity contribution in [3.05, 3.63) is 23.9 Å². The van der Waals surface area contributed by atoms with E-state index in [2.05, 4.69) is 4.98 Å². The van der Waals surface area contributed by atoms with Crippen LogP contribution in [0.3, 0.4) is 0 Å². The zero-order chi connectivity index (χ0) is 13.4. The predicted molar refractivity (Wildman–Crippen MR) is 62.3 cm³/mol. The van der Waals surface area contributed by atoms with E-state index in [4.69, 9.17) is 14.2 Å². The zero-order valence-corrected chi connectivity index (χ0v) is 10.3. The molecule has 1 aromatic heterocycles. The number of ether oxygens (including phenoxy) is 3. The van der Waals surface area contributed by atoms with E-state index < -0.39 is 11.9 Å². The number of carbonyl (C=O) groups excluding carboxylic acids is 2. The van der Waals surface area contributed by atoms with Crippen LogP contribution in [0.4, 0.5) is 0 Å². The van der Waals surface area contributed by atoms with Gasteiger partial charge in [0.25, 0.3) is 0 Å². The third kappa shape index (κ3) is 4.40. The Balaban J connectivity index is 2.59. The van der Waals surface area contributed by atoms with Gasteiger partial charge in [-0.15, -0.1) is 0 Å². The Morgan fingerprint density at radius 3 is 2.61 bits per heavy atom. The molecule has 98 valence electrons. The van der Waals surface area contributed by atoms with Crippen LogP contribution in [0, 0.1) is 0 Å². The molecule has 18 heavy (non-hydrogen) atoms. The molecule has 1 heterocycles. The molecule has 0 spiro atoms. The first kappa shape index (κ1) is 14.0. The van der Waals surface area contributed by atoms with Gasteiger partial charge in [0.1, 0.15) is 0 Å². The average molecular weight is 253 g/mol. The summed E-state index contributed by atoms with van der Waals surface area (Å²) in [6.45, 7) is 3.76. The molecule has 0 bridgehead atoms. The Bertz CT molecular complexity index is 419. The molecule has 0 atom stereocenters. The van der Waals surface area contributed by atoms with E-state index in [1.54, 1.807) is 13.8 Å². The van der Waals surface area contributed by atoms with Crippen molar-refractivity contribution in [2.45, 2.75) is 13.8 Å². The van der Waals surface area contributed by atoms with Crippen LogP contribution < -0.4 is 4.74 Å². The summed E-state index contributed by atoms with van der Waals surface area (Å²) in [6.07, 6.45) is 1.41. The molecule has 0 aliphatic heterocycles. The van der Waals surface area contributed by atoms with E-state index >= 15 is 0 Å². The lowest BCUT2D eigenvalue weighted by Crippen LogP contribution is -2.15. The molecule has 0 radical (unpaired) electrons. The van der Waals surface area contributed by atoms with E-state index in [9.17, 15) is 9.59 Å². The van der Waals surface area contributed by atoms with Gasteiger partial charge in [-0.1, -0.05) is 0 Å². The Labute approximate surface area is 105 Å². The number of esters is 2. The minimum atomic E-state index is -0.485. The van der Waals surface area contributed by atoms with Gasteiger partial charge in [0.15, 0.2) is 6.61 Å². The largest absolute Gasteiger partial charge is 0.466 e. The summed E-state index contributed by atoms with van der Waals surface area (Å²) in [5, 5.41) is 0. The van der Waals surface area contributed by atoms with Crippen molar-refractivity contribution in [3.8, 4) is 5.88 Å². The third-order valence-electron chi connectivity index (χ3n) is 1.89. The Hall–Kier alpha value is -2.11. The summed E-state index contributed by atoms with van der Waals surface area (Å²) in [5.74, 6) is -0.768. The van der Waals surface area contributed by atoms with Crippen LogP contribution in [0.5, 0.6) is 5.88 Å². The first-order valence-corrected chi connectivity index (χ1v) is 5.59. The molecule has 0 aromatic carbocycles. The smallest absolute Gasteiger partial charge is 0.344 e. The van der Waals surface area contributed by atoms with E-state index in [0.717, 1.165) is 0 Å². The van der Waals surface area contributed by atoms with Crippen molar-refractivity contribution in [3.63, 3.8) is 0 Å². The van der Waals surface area contributed by atoms with Crippen molar-refractivity contribution in [2.75, 3.05) is 19.8 Å². The van der Waals surface area contributed by atoms with Crippen LogP contribution in [-0.2, 0) is 14.3 Å². The Morgan fingerprint density at radius 1 is 1.22 bits per heavy atom. The lowest BCUT2D eigenvalue weighted by atomic mass is 10.3. The average Bonchev–Trinajstić information content (AvgIpc) is 2.37. The van der Waals surface area contributed by atoms with Gasteiger partial charge in [-0.3, -0.25) is 0 Å². The first-order valence-electron chi connectivity index (χ1n) is 5.59. The van der Waals surface area contributed by atoms with Gasteiger partial charge in [0, 0.05) is 12.3 Å². The molecule has 0 aliphatic carbocycles. The highest BCUT2D eigenvalue weighted by atomic mass is 16.6. The molecular weight excluding hydrogens is 238 g/mol. The number of aromatic nitrogens is 1. The topological polar surface area (TPSA) is 74.7 Å². The Kier molecular flexibility index (Phi) is 5.63. The van der Waals surface area contributed by atoms with Gasteiger partial charge in [-0.2, -0.15) is 0 Å². The van der Waals surface area contributed by atoms with Crippen molar-refractivity contribution in [1.29, 1.82) is 0 Å². The predicted octanol–water partition coefficient (Wildman–Crippen LogP) is 1.20. The second-order valence-electron chi connectivity index (χ2n) is 3.20. The molecular formula is C12H15NO5. The molecule has 0 saturated heterocycles. The Morgan fingerprint density at radius 2 is 1.94 bits per heavy atom. The molecule has 0 N–H and O–H groups in total. The summed E-state index contributed by atoms with van der Waals surface area (Å²) in [5.41, 5.74) is 0.325. The van der Waals surface area contributed by atoms with E-state index in [-0.39, 0.29) is 12.5 Å². The maximum absolute atomic E-state index is 11.4. The van der Waals surface area contributed by atoms with Crippen molar-refractivity contribution >= 4 is 11.9 Å². The fourth-order valence-electron chi connectivity index (χ4n) is 1.17. The molecule has 0 amide bonds. The van der Waals surface area contributed by atoms with Gasteiger partial charge in [-0.05, 0) is 19.9 Å². The van der Waals surface area contributed by atoms with E-state index in [0.29, 0.717) is 18.8 Å². The summed E-state index contributed by atoms with van der Waals surface area (Å²) in [6, 6.07) is 2.92. The monoisotopic (exact) mass is 253 g/mol. The number of pyridine rings is 1. The van der Waals surface area contributed by atoms with Crippen LogP contribution in [0.1, 0.15) is 24.2 Å². The maximum Gasteiger partial charge on any atom is 0.344 e. The summed E-state index contributed by atoms with van der Waals surface area (Å²) < 4.78 is 14.6. The van der Waals surface area contributed by atoms with Crippen molar-refractivity contribution in [1.82, 2.24) is 4.98 Å². The highest BCUT2D eigenvalue weighted by Crippen LogP contribution is 2.10. The SMILES string of the molecule is CCOC(=O)COc1cc(C(=O)OCC)ccn1. The highest BCUT2D eigenvalue weighted by molar-refractivity contribution is 5.89. The van der Waals surface area contributed by atoms with Crippen LogP contribution >= 0.6 is 0 Å². The summed E-state index contributed by atoms with van der Waals surface area (Å²) >= 11 is 0. The second kappa shape index (κ2) is 7.26. The highest BCUT2D eigenvalue weighted by Gasteiger charge is 2.09. The van der Waals surface area contributed by atoms with Crippen molar-refractivity contribution in [2.24, 2.45) is 0 Å². The molecule has 0 aliphatic rings. The van der Waals surface area contributed by atoms with Gasteiger partial charge >= 0.3 is 11.9 Å². The molecule has 1 rings (SSSR count). The molecule has 6 heteroatoms. The molecule has 0 unspecified atom stereocenters. The number of rotatable bonds is 6. The van der Waals surface area contributed by atoms with Gasteiger partial charge in [0.2, 0.25) is 5.88 Å². The second-order valence-corrected chi connectivity index (χ2v) is 3.20. The minimum Gasteiger partial charge on any atom is -0.466 e. The van der Waals surface area contributed by atoms with Crippen LogP contribution in [0.2, 0.25) is 0 Å². The van der Waals surface area contributed by atoms with E-state index in [1.807, 2.05) is 0 Å². The number of hydrogen-bond donors (Lipinski definition) is 0. The molecule has 6 nitrogen and oxygen atoms in total. The fraction of sp³-hybridized carbons (Fsp3) is 0.417. The third-order valence-corrected chi connectivity index (χ3v) is 1.89. The minimum absolute atomic E-state index is 0.175. The zero-order valence-electron chi connectivity index (χ0n) is 10.3. The maximum atomic E-state index is 11.4. The van der Waals surface area contributed by atoms with Gasteiger partial charge in [0.05, 0.1) is 18.8 Å². The quantitative estimate of drug-likeness (QED) is 0.709. The van der Waals surface area contributed by atoms with Crippen LogP contribution in [0.15, 0.2) is 18.3 Å². The van der Waals surface area contributed by atoms with Gasteiger partial charge < -0.3 is 14.2 Å². The summed E-state index contributed by atoms with van der Waals surface area (Å²) in [7, 11) is 0. The molecule has 1 aromatic rings.